The van der Waals surface area contributed by atoms with Crippen LogP contribution in [0.2, 0.25) is 0 Å². The summed E-state index contributed by atoms with van der Waals surface area (Å²) in [6, 6.07) is 16.1. The minimum atomic E-state index is -0.828. The third kappa shape index (κ3) is 8.15. The van der Waals surface area contributed by atoms with E-state index in [1.165, 1.54) is 25.7 Å². The summed E-state index contributed by atoms with van der Waals surface area (Å²) in [7, 11) is 0. The third-order valence-electron chi connectivity index (χ3n) is 8.21. The van der Waals surface area contributed by atoms with Gasteiger partial charge in [0.2, 0.25) is 5.91 Å². The van der Waals surface area contributed by atoms with Crippen LogP contribution in [0.5, 0.6) is 5.75 Å². The first-order valence-corrected chi connectivity index (χ1v) is 15.1. The number of ether oxygens (including phenoxy) is 1. The van der Waals surface area contributed by atoms with Gasteiger partial charge in [0.1, 0.15) is 5.75 Å². The van der Waals surface area contributed by atoms with Gasteiger partial charge in [-0.25, -0.2) is 9.97 Å². The summed E-state index contributed by atoms with van der Waals surface area (Å²) in [6.07, 6.45) is 11.3. The van der Waals surface area contributed by atoms with E-state index in [1.54, 1.807) is 4.90 Å². The van der Waals surface area contributed by atoms with E-state index in [4.69, 9.17) is 9.84 Å². The van der Waals surface area contributed by atoms with E-state index < -0.39 is 11.9 Å². The molecule has 0 bridgehead atoms. The number of aromatic nitrogens is 2. The van der Waals surface area contributed by atoms with E-state index in [9.17, 15) is 9.59 Å². The summed E-state index contributed by atoms with van der Waals surface area (Å²) >= 11 is 0. The number of aliphatic carboxylic acids is 1. The maximum absolute atomic E-state index is 13.2. The van der Waals surface area contributed by atoms with Gasteiger partial charge in [0.15, 0.2) is 5.82 Å². The average Bonchev–Trinajstić information content (AvgIpc) is 2.97. The van der Waals surface area contributed by atoms with Crippen molar-refractivity contribution in [1.82, 2.24) is 14.9 Å². The van der Waals surface area contributed by atoms with Crippen LogP contribution in [-0.2, 0) is 16.0 Å². The monoisotopic (exact) mass is 557 g/mol. The largest absolute Gasteiger partial charge is 0.494 e. The summed E-state index contributed by atoms with van der Waals surface area (Å²) in [5.74, 6) is 0.363. The van der Waals surface area contributed by atoms with E-state index in [-0.39, 0.29) is 17.7 Å². The molecule has 0 aliphatic carbocycles. The Hall–Kier alpha value is -3.74. The Morgan fingerprint density at radius 1 is 0.902 bits per heavy atom. The molecule has 7 nitrogen and oxygen atoms in total. The van der Waals surface area contributed by atoms with Crippen LogP contribution in [0.3, 0.4) is 0 Å². The second kappa shape index (κ2) is 14.8. The van der Waals surface area contributed by atoms with Gasteiger partial charge in [-0.05, 0) is 42.0 Å². The normalized spacial score (nSPS) is 14.8. The molecule has 1 aliphatic heterocycles. The van der Waals surface area contributed by atoms with Crippen LogP contribution in [0.15, 0.2) is 60.9 Å². The molecule has 218 valence electrons. The van der Waals surface area contributed by atoms with Gasteiger partial charge < -0.3 is 14.7 Å². The zero-order valence-electron chi connectivity index (χ0n) is 24.6. The first-order chi connectivity index (χ1) is 19.9. The van der Waals surface area contributed by atoms with Gasteiger partial charge in [-0.3, -0.25) is 9.59 Å². The fraction of sp³-hybridized carbons (Fsp3) is 0.471. The molecule has 0 saturated carbocycles. The van der Waals surface area contributed by atoms with Crippen LogP contribution in [-0.4, -0.2) is 51.5 Å². The van der Waals surface area contributed by atoms with Crippen LogP contribution < -0.4 is 4.74 Å². The second-order valence-corrected chi connectivity index (χ2v) is 11.3. The van der Waals surface area contributed by atoms with Gasteiger partial charge in [-0.15, -0.1) is 0 Å². The number of benzene rings is 2. The number of hydrogen-bond donors (Lipinski definition) is 1. The van der Waals surface area contributed by atoms with E-state index in [1.807, 2.05) is 60.9 Å². The second-order valence-electron chi connectivity index (χ2n) is 11.3. The molecule has 41 heavy (non-hydrogen) atoms. The van der Waals surface area contributed by atoms with Gasteiger partial charge in [0.25, 0.3) is 0 Å². The molecule has 3 aromatic rings. The van der Waals surface area contributed by atoms with Crippen LogP contribution in [0, 0.1) is 17.8 Å². The molecular formula is C34H43N3O4. The molecule has 1 amide bonds. The number of carboxylic acids is 1. The Labute approximate surface area is 244 Å². The van der Waals surface area contributed by atoms with Gasteiger partial charge in [0.05, 0.1) is 12.5 Å². The standard InChI is InChI=1S/C34H43N3O4/c1-4-6-7-8-9-18-41-30-16-14-26(15-17-30)28-20-35-32(36-21-28)27-12-10-25(11-13-27)19-31(24(3)5-2)33(38)37-22-29(23-37)34(39)40/h10-17,20-21,24,29,31H,4-9,18-19,22-23H2,1-3H3,(H,39,40). The molecule has 0 spiro atoms. The van der Waals surface area contributed by atoms with Gasteiger partial charge in [0, 0.05) is 42.5 Å². The first kappa shape index (κ1) is 30.2. The Balaban J connectivity index is 1.33. The van der Waals surface area contributed by atoms with Gasteiger partial charge in [-0.2, -0.15) is 0 Å². The zero-order valence-corrected chi connectivity index (χ0v) is 24.6. The minimum absolute atomic E-state index is 0.0573. The Bertz CT molecular complexity index is 1250. The van der Waals surface area contributed by atoms with Crippen molar-refractivity contribution < 1.29 is 19.4 Å². The van der Waals surface area contributed by atoms with Crippen molar-refractivity contribution in [2.24, 2.45) is 17.8 Å². The fourth-order valence-electron chi connectivity index (χ4n) is 5.17. The van der Waals surface area contributed by atoms with Crippen molar-refractivity contribution in [1.29, 1.82) is 0 Å². The van der Waals surface area contributed by atoms with Crippen molar-refractivity contribution in [2.75, 3.05) is 19.7 Å². The number of carbonyl (C=O) groups is 2. The number of rotatable bonds is 15. The van der Waals surface area contributed by atoms with Crippen LogP contribution in [0.4, 0.5) is 0 Å². The maximum Gasteiger partial charge on any atom is 0.310 e. The molecule has 1 fully saturated rings. The molecule has 1 saturated heterocycles. The van der Waals surface area contributed by atoms with Crippen molar-refractivity contribution in [2.45, 2.75) is 65.7 Å². The lowest BCUT2D eigenvalue weighted by atomic mass is 9.83. The van der Waals surface area contributed by atoms with Crippen molar-refractivity contribution in [3.63, 3.8) is 0 Å². The Kier molecular flexibility index (Phi) is 10.9. The highest BCUT2D eigenvalue weighted by Gasteiger charge is 2.39. The highest BCUT2D eigenvalue weighted by atomic mass is 16.5. The van der Waals surface area contributed by atoms with Crippen molar-refractivity contribution in [3.8, 4) is 28.3 Å². The summed E-state index contributed by atoms with van der Waals surface area (Å²) in [4.78, 5) is 35.2. The minimum Gasteiger partial charge on any atom is -0.494 e. The smallest absolute Gasteiger partial charge is 0.310 e. The van der Waals surface area contributed by atoms with Crippen molar-refractivity contribution >= 4 is 11.9 Å². The molecule has 7 heteroatoms. The van der Waals surface area contributed by atoms with E-state index >= 15 is 0 Å². The van der Waals surface area contributed by atoms with Crippen LogP contribution in [0.25, 0.3) is 22.5 Å². The van der Waals surface area contributed by atoms with E-state index in [0.717, 1.165) is 47.5 Å². The topological polar surface area (TPSA) is 92.6 Å². The quantitative estimate of drug-likeness (QED) is 0.204. The molecule has 1 aliphatic rings. The number of likely N-dealkylation sites (tertiary alicyclic amines) is 1. The van der Waals surface area contributed by atoms with E-state index in [0.29, 0.717) is 25.3 Å². The Morgan fingerprint density at radius 3 is 2.15 bits per heavy atom. The highest BCUT2D eigenvalue weighted by Crippen LogP contribution is 2.28. The molecule has 1 N–H and O–H groups in total. The maximum atomic E-state index is 13.2. The lowest BCUT2D eigenvalue weighted by molar-refractivity contribution is -0.155. The van der Waals surface area contributed by atoms with Gasteiger partial charge >= 0.3 is 5.97 Å². The Morgan fingerprint density at radius 2 is 1.54 bits per heavy atom. The van der Waals surface area contributed by atoms with Crippen molar-refractivity contribution in [3.05, 3.63) is 66.5 Å². The zero-order chi connectivity index (χ0) is 29.2. The predicted octanol–water partition coefficient (Wildman–Crippen LogP) is 6.91. The highest BCUT2D eigenvalue weighted by molar-refractivity contribution is 5.83. The SMILES string of the molecule is CCCCCCCOc1ccc(-c2cnc(-c3ccc(CC(C(=O)N4CC(C(=O)O)C4)C(C)CC)cc3)nc2)cc1. The van der Waals surface area contributed by atoms with Gasteiger partial charge in [-0.1, -0.05) is 89.3 Å². The van der Waals surface area contributed by atoms with Crippen LogP contribution >= 0.6 is 0 Å². The average molecular weight is 558 g/mol. The third-order valence-corrected chi connectivity index (χ3v) is 8.21. The molecule has 2 heterocycles. The molecule has 0 radical (unpaired) electrons. The number of nitrogens with zero attached hydrogens (tertiary/aromatic N) is 3. The molecule has 2 atom stereocenters. The molecular weight excluding hydrogens is 514 g/mol. The fourth-order valence-corrected chi connectivity index (χ4v) is 5.17. The van der Waals surface area contributed by atoms with E-state index in [2.05, 4.69) is 30.7 Å². The number of unbranched alkanes of at least 4 members (excludes halogenated alkanes) is 4. The number of amides is 1. The summed E-state index contributed by atoms with van der Waals surface area (Å²) in [5, 5.41) is 9.16. The van der Waals surface area contributed by atoms with Crippen LogP contribution in [0.1, 0.15) is 64.9 Å². The lowest BCUT2D eigenvalue weighted by Gasteiger charge is -2.40. The first-order valence-electron chi connectivity index (χ1n) is 15.1. The summed E-state index contributed by atoms with van der Waals surface area (Å²) in [6.45, 7) is 7.77. The molecule has 2 unspecified atom stereocenters. The summed E-state index contributed by atoms with van der Waals surface area (Å²) in [5.41, 5.74) is 3.98. The predicted molar refractivity (Wildman–Crippen MR) is 162 cm³/mol. The molecule has 2 aromatic carbocycles. The number of hydrogen-bond acceptors (Lipinski definition) is 5. The number of carbonyl (C=O) groups excluding carboxylic acids is 1. The molecule has 1 aromatic heterocycles. The molecule has 4 rings (SSSR count). The lowest BCUT2D eigenvalue weighted by Crippen LogP contribution is -2.55. The number of carboxylic acid groups (broad SMARTS) is 1. The summed E-state index contributed by atoms with van der Waals surface area (Å²) < 4.78 is 5.88.